The standard InChI is InChI=1S/C33H31ClI2N2O2S/c1-33(2,3)22-13-14-24-28(17-22)41-32(29(24)31(39)38-23-10-5-4-6-11-23)37-18-20-15-26(35)30(27(36)16-20)40-19-21-9-7-8-12-25(21)34/h4-12,15-16,18,22H,13-14,17,19H2,1-3H3,(H,38,39)/t22-/m1/s1. The molecule has 4 nitrogen and oxygen atoms in total. The molecule has 0 saturated heterocycles. The lowest BCUT2D eigenvalue weighted by Gasteiger charge is -2.33. The van der Waals surface area contributed by atoms with E-state index < -0.39 is 0 Å². The van der Waals surface area contributed by atoms with Gasteiger partial charge in [-0.15, -0.1) is 11.3 Å². The minimum absolute atomic E-state index is 0.0949. The van der Waals surface area contributed by atoms with Crippen LogP contribution in [0.15, 0.2) is 71.7 Å². The number of thiophene rings is 1. The van der Waals surface area contributed by atoms with Crippen LogP contribution in [0.2, 0.25) is 5.02 Å². The minimum atomic E-state index is -0.0949. The lowest BCUT2D eigenvalue weighted by molar-refractivity contribution is 0.102. The first-order valence-corrected chi connectivity index (χ1v) is 16.9. The number of rotatable bonds is 7. The van der Waals surface area contributed by atoms with Gasteiger partial charge in [-0.1, -0.05) is 68.8 Å². The summed E-state index contributed by atoms with van der Waals surface area (Å²) >= 11 is 12.6. The lowest BCUT2D eigenvalue weighted by Crippen LogP contribution is -2.27. The van der Waals surface area contributed by atoms with Crippen molar-refractivity contribution < 1.29 is 9.53 Å². The molecule has 41 heavy (non-hydrogen) atoms. The Morgan fingerprint density at radius 2 is 1.78 bits per heavy atom. The number of nitrogens with zero attached hydrogens (tertiary/aromatic N) is 1. The van der Waals surface area contributed by atoms with Crippen LogP contribution >= 0.6 is 68.1 Å². The van der Waals surface area contributed by atoms with Crippen LogP contribution in [-0.4, -0.2) is 12.1 Å². The number of nitrogens with one attached hydrogen (secondary N) is 1. The first-order chi connectivity index (χ1) is 19.6. The van der Waals surface area contributed by atoms with Crippen LogP contribution in [0.4, 0.5) is 10.7 Å². The quantitative estimate of drug-likeness (QED) is 0.149. The summed E-state index contributed by atoms with van der Waals surface area (Å²) in [5.74, 6) is 1.31. The molecule has 212 valence electrons. The van der Waals surface area contributed by atoms with E-state index in [-0.39, 0.29) is 11.3 Å². The predicted molar refractivity (Wildman–Crippen MR) is 189 cm³/mol. The van der Waals surface area contributed by atoms with Gasteiger partial charge in [0.05, 0.1) is 12.7 Å². The molecule has 0 radical (unpaired) electrons. The third-order valence-electron chi connectivity index (χ3n) is 7.41. The van der Waals surface area contributed by atoms with Crippen molar-refractivity contribution in [2.24, 2.45) is 16.3 Å². The number of anilines is 1. The van der Waals surface area contributed by atoms with E-state index in [1.54, 1.807) is 11.3 Å². The van der Waals surface area contributed by atoms with E-state index in [2.05, 4.69) is 83.4 Å². The number of ether oxygens (including phenoxy) is 1. The fraction of sp³-hybridized carbons (Fsp3) is 0.273. The highest BCUT2D eigenvalue weighted by atomic mass is 127. The van der Waals surface area contributed by atoms with Gasteiger partial charge in [0.25, 0.3) is 5.91 Å². The van der Waals surface area contributed by atoms with E-state index in [0.29, 0.717) is 23.1 Å². The monoisotopic (exact) mass is 808 g/mol. The molecule has 5 rings (SSSR count). The maximum Gasteiger partial charge on any atom is 0.259 e. The molecular formula is C33H31ClI2N2O2S. The van der Waals surface area contributed by atoms with Crippen LogP contribution in [0.1, 0.15) is 59.1 Å². The van der Waals surface area contributed by atoms with E-state index in [1.165, 1.54) is 4.88 Å². The molecule has 4 aromatic rings. The molecular weight excluding hydrogens is 778 g/mol. The summed E-state index contributed by atoms with van der Waals surface area (Å²) in [7, 11) is 0. The third-order valence-corrected chi connectivity index (χ3v) is 10.5. The van der Waals surface area contributed by atoms with Crippen LogP contribution < -0.4 is 10.1 Å². The number of carbonyl (C=O) groups is 1. The molecule has 1 aliphatic carbocycles. The highest BCUT2D eigenvalue weighted by Gasteiger charge is 2.33. The number of hydrogen-bond acceptors (Lipinski definition) is 4. The number of hydrogen-bond donors (Lipinski definition) is 1. The second kappa shape index (κ2) is 13.1. The Kier molecular flexibility index (Phi) is 9.78. The van der Waals surface area contributed by atoms with Crippen molar-refractivity contribution in [1.29, 1.82) is 0 Å². The molecule has 1 aromatic heterocycles. The zero-order valence-corrected chi connectivity index (χ0v) is 29.0. The average molecular weight is 809 g/mol. The van der Waals surface area contributed by atoms with Crippen LogP contribution in [0, 0.1) is 18.5 Å². The molecule has 1 N–H and O–H groups in total. The SMILES string of the molecule is CC(C)(C)[C@@H]1CCc2c(sc(N=Cc3cc(I)c(OCc4ccccc4Cl)c(I)c3)c2C(=O)Nc2ccccc2)C1. The number of benzene rings is 3. The van der Waals surface area contributed by atoms with Gasteiger partial charge >= 0.3 is 0 Å². The highest BCUT2D eigenvalue weighted by molar-refractivity contribution is 14.1. The molecule has 3 aromatic carbocycles. The fourth-order valence-corrected chi connectivity index (χ4v) is 8.63. The summed E-state index contributed by atoms with van der Waals surface area (Å²) in [6.07, 6.45) is 4.82. The van der Waals surface area contributed by atoms with Crippen molar-refractivity contribution >= 4 is 90.9 Å². The van der Waals surface area contributed by atoms with Gasteiger partial charge in [-0.3, -0.25) is 4.79 Å². The van der Waals surface area contributed by atoms with E-state index in [1.807, 2.05) is 60.8 Å². The Labute approximate surface area is 278 Å². The van der Waals surface area contributed by atoms with Gasteiger partial charge in [-0.05, 0) is 117 Å². The normalized spacial score (nSPS) is 15.1. The van der Waals surface area contributed by atoms with Crippen LogP contribution in [0.3, 0.4) is 0 Å². The van der Waals surface area contributed by atoms with Gasteiger partial charge in [-0.25, -0.2) is 4.99 Å². The number of aliphatic imine (C=N–C) groups is 1. The summed E-state index contributed by atoms with van der Waals surface area (Å²) in [4.78, 5) is 19.8. The van der Waals surface area contributed by atoms with Gasteiger partial charge < -0.3 is 10.1 Å². The lowest BCUT2D eigenvalue weighted by atomic mass is 9.72. The molecule has 0 bridgehead atoms. The molecule has 0 spiro atoms. The number of halogens is 3. The van der Waals surface area contributed by atoms with Gasteiger partial charge in [-0.2, -0.15) is 0 Å². The average Bonchev–Trinajstić information content (AvgIpc) is 3.30. The smallest absolute Gasteiger partial charge is 0.259 e. The van der Waals surface area contributed by atoms with E-state index in [0.717, 1.165) is 59.5 Å². The third kappa shape index (κ3) is 7.35. The number of para-hydroxylation sites is 1. The first-order valence-electron chi connectivity index (χ1n) is 13.5. The molecule has 1 heterocycles. The second-order valence-corrected chi connectivity index (χ2v) is 15.1. The molecule has 1 aliphatic rings. The Hall–Kier alpha value is -1.95. The largest absolute Gasteiger partial charge is 0.487 e. The zero-order valence-electron chi connectivity index (χ0n) is 23.1. The highest BCUT2D eigenvalue weighted by Crippen LogP contribution is 2.45. The predicted octanol–water partition coefficient (Wildman–Crippen LogP) is 10.3. The summed E-state index contributed by atoms with van der Waals surface area (Å²) in [6.45, 7) is 7.32. The van der Waals surface area contributed by atoms with Crippen LogP contribution in [0.5, 0.6) is 5.75 Å². The molecule has 1 amide bonds. The molecule has 0 saturated carbocycles. The second-order valence-electron chi connectivity index (χ2n) is 11.3. The molecule has 0 fully saturated rings. The van der Waals surface area contributed by atoms with Crippen molar-refractivity contribution in [1.82, 2.24) is 0 Å². The van der Waals surface area contributed by atoms with Crippen molar-refractivity contribution in [3.05, 3.63) is 106 Å². The Morgan fingerprint density at radius 1 is 1.10 bits per heavy atom. The molecule has 0 aliphatic heterocycles. The van der Waals surface area contributed by atoms with Crippen molar-refractivity contribution in [2.75, 3.05) is 5.32 Å². The van der Waals surface area contributed by atoms with E-state index in [9.17, 15) is 4.79 Å². The van der Waals surface area contributed by atoms with Gasteiger partial charge in [0, 0.05) is 27.4 Å². The van der Waals surface area contributed by atoms with Gasteiger partial charge in [0.15, 0.2) is 0 Å². The van der Waals surface area contributed by atoms with Crippen LogP contribution in [0.25, 0.3) is 0 Å². The maximum atomic E-state index is 13.6. The van der Waals surface area contributed by atoms with Crippen LogP contribution in [-0.2, 0) is 19.4 Å². The topological polar surface area (TPSA) is 50.7 Å². The fourth-order valence-electron chi connectivity index (χ4n) is 5.04. The summed E-state index contributed by atoms with van der Waals surface area (Å²) in [5.41, 5.74) is 4.78. The maximum absolute atomic E-state index is 13.6. The first kappa shape index (κ1) is 30.5. The van der Waals surface area contributed by atoms with Gasteiger partial charge in [0.2, 0.25) is 0 Å². The Bertz CT molecular complexity index is 1570. The van der Waals surface area contributed by atoms with E-state index >= 15 is 0 Å². The zero-order chi connectivity index (χ0) is 29.1. The van der Waals surface area contributed by atoms with E-state index in [4.69, 9.17) is 21.3 Å². The molecule has 0 unspecified atom stereocenters. The number of amides is 1. The molecule has 8 heteroatoms. The molecule has 1 atom stereocenters. The summed E-state index contributed by atoms with van der Waals surface area (Å²) in [5, 5.41) is 4.56. The van der Waals surface area contributed by atoms with Crippen molar-refractivity contribution in [3.63, 3.8) is 0 Å². The number of carbonyl (C=O) groups excluding carboxylic acids is 1. The summed E-state index contributed by atoms with van der Waals surface area (Å²) in [6, 6.07) is 21.4. The Balaban J connectivity index is 1.42. The summed E-state index contributed by atoms with van der Waals surface area (Å²) < 4.78 is 8.14. The minimum Gasteiger partial charge on any atom is -0.487 e. The van der Waals surface area contributed by atoms with Crippen molar-refractivity contribution in [2.45, 2.75) is 46.6 Å². The van der Waals surface area contributed by atoms with Gasteiger partial charge in [0.1, 0.15) is 17.4 Å². The Morgan fingerprint density at radius 3 is 2.46 bits per heavy atom. The van der Waals surface area contributed by atoms with Crippen molar-refractivity contribution in [3.8, 4) is 5.75 Å². The number of fused-ring (bicyclic) bond motifs is 1.